The minimum atomic E-state index is -0.377. The minimum Gasteiger partial charge on any atom is -0.508 e. The third-order valence-electron chi connectivity index (χ3n) is 4.39. The van der Waals surface area contributed by atoms with Gasteiger partial charge in [-0.2, -0.15) is 0 Å². The van der Waals surface area contributed by atoms with Gasteiger partial charge in [-0.1, -0.05) is 19.1 Å². The number of aliphatic hydroxyl groups excluding tert-OH is 1. The van der Waals surface area contributed by atoms with Crippen molar-refractivity contribution in [3.63, 3.8) is 0 Å². The van der Waals surface area contributed by atoms with Crippen LogP contribution in [0, 0.1) is 17.8 Å². The van der Waals surface area contributed by atoms with E-state index in [-0.39, 0.29) is 6.10 Å². The van der Waals surface area contributed by atoms with Gasteiger partial charge in [-0.05, 0) is 48.6 Å². The van der Waals surface area contributed by atoms with E-state index in [1.165, 1.54) is 12.8 Å². The Bertz CT molecular complexity index is 409. The van der Waals surface area contributed by atoms with E-state index in [1.807, 2.05) is 12.1 Å². The third-order valence-corrected chi connectivity index (χ3v) is 4.39. The molecule has 2 N–H and O–H groups in total. The van der Waals surface area contributed by atoms with Crippen LogP contribution in [0.3, 0.4) is 0 Å². The molecule has 1 aromatic carbocycles. The zero-order valence-corrected chi connectivity index (χ0v) is 9.56. The van der Waals surface area contributed by atoms with Gasteiger partial charge in [-0.3, -0.25) is 0 Å². The zero-order valence-electron chi connectivity index (χ0n) is 9.56. The number of aromatic hydroxyl groups is 1. The molecule has 1 aromatic rings. The second kappa shape index (κ2) is 3.49. The van der Waals surface area contributed by atoms with Crippen LogP contribution >= 0.6 is 0 Å². The van der Waals surface area contributed by atoms with Crippen molar-refractivity contribution in [2.45, 2.75) is 32.3 Å². The van der Waals surface area contributed by atoms with Crippen LogP contribution < -0.4 is 0 Å². The van der Waals surface area contributed by atoms with E-state index in [4.69, 9.17) is 0 Å². The number of fused-ring (bicyclic) bond motifs is 1. The van der Waals surface area contributed by atoms with Gasteiger partial charge in [0.2, 0.25) is 0 Å². The highest BCUT2D eigenvalue weighted by Crippen LogP contribution is 2.49. The van der Waals surface area contributed by atoms with E-state index in [2.05, 4.69) is 6.92 Å². The molecule has 16 heavy (non-hydrogen) atoms. The van der Waals surface area contributed by atoms with Gasteiger partial charge in [0.1, 0.15) is 5.75 Å². The molecule has 1 fully saturated rings. The highest BCUT2D eigenvalue weighted by atomic mass is 16.3. The summed E-state index contributed by atoms with van der Waals surface area (Å²) < 4.78 is 0. The molecule has 3 unspecified atom stereocenters. The normalized spacial score (nSPS) is 30.1. The highest BCUT2D eigenvalue weighted by molar-refractivity contribution is 5.44. The van der Waals surface area contributed by atoms with Crippen molar-refractivity contribution >= 4 is 0 Å². The second-order valence-corrected chi connectivity index (χ2v) is 5.35. The molecule has 1 saturated carbocycles. The fourth-order valence-electron chi connectivity index (χ4n) is 3.11. The Balaban J connectivity index is 1.90. The quantitative estimate of drug-likeness (QED) is 0.801. The average molecular weight is 218 g/mol. The molecule has 2 aliphatic carbocycles. The molecule has 0 aliphatic heterocycles. The Morgan fingerprint density at radius 3 is 2.69 bits per heavy atom. The van der Waals surface area contributed by atoms with E-state index in [1.54, 1.807) is 6.07 Å². The average Bonchev–Trinajstić information content (AvgIpc) is 3.05. The first-order valence-electron chi connectivity index (χ1n) is 6.17. The number of phenolic OH excluding ortho intramolecular Hbond substituents is 1. The van der Waals surface area contributed by atoms with Crippen molar-refractivity contribution in [2.24, 2.45) is 17.8 Å². The molecule has 2 aliphatic rings. The summed E-state index contributed by atoms with van der Waals surface area (Å²) in [6.07, 6.45) is 3.08. The number of aliphatic hydroxyl groups is 1. The van der Waals surface area contributed by atoms with Crippen LogP contribution in [0.1, 0.15) is 37.0 Å². The molecule has 0 saturated heterocycles. The van der Waals surface area contributed by atoms with Crippen LogP contribution in [0.15, 0.2) is 18.2 Å². The van der Waals surface area contributed by atoms with Crippen molar-refractivity contribution in [1.82, 2.24) is 0 Å². The van der Waals surface area contributed by atoms with Gasteiger partial charge in [-0.15, -0.1) is 0 Å². The lowest BCUT2D eigenvalue weighted by molar-refractivity contribution is 0.0848. The van der Waals surface area contributed by atoms with Gasteiger partial charge >= 0.3 is 0 Å². The van der Waals surface area contributed by atoms with E-state index in [0.717, 1.165) is 23.5 Å². The number of rotatable bonds is 2. The summed E-state index contributed by atoms with van der Waals surface area (Å²) in [5, 5.41) is 20.1. The van der Waals surface area contributed by atoms with Crippen molar-refractivity contribution < 1.29 is 10.2 Å². The maximum atomic E-state index is 10.3. The van der Waals surface area contributed by atoms with Crippen molar-refractivity contribution in [1.29, 1.82) is 0 Å². The zero-order chi connectivity index (χ0) is 11.3. The number of benzene rings is 1. The van der Waals surface area contributed by atoms with Crippen LogP contribution in [0.2, 0.25) is 0 Å². The first-order chi connectivity index (χ1) is 7.68. The van der Waals surface area contributed by atoms with Crippen molar-refractivity contribution in [2.75, 3.05) is 0 Å². The maximum absolute atomic E-state index is 10.3. The van der Waals surface area contributed by atoms with Gasteiger partial charge < -0.3 is 10.2 Å². The lowest BCUT2D eigenvalue weighted by atomic mass is 9.86. The summed E-state index contributed by atoms with van der Waals surface area (Å²) in [7, 11) is 0. The number of hydrogen-bond acceptors (Lipinski definition) is 2. The monoisotopic (exact) mass is 218 g/mol. The molecule has 0 bridgehead atoms. The molecule has 0 amide bonds. The Morgan fingerprint density at radius 2 is 2.06 bits per heavy atom. The Morgan fingerprint density at radius 1 is 1.31 bits per heavy atom. The van der Waals surface area contributed by atoms with Crippen LogP contribution in [0.4, 0.5) is 0 Å². The van der Waals surface area contributed by atoms with Crippen molar-refractivity contribution in [3.8, 4) is 5.75 Å². The van der Waals surface area contributed by atoms with Crippen molar-refractivity contribution in [3.05, 3.63) is 29.3 Å². The fraction of sp³-hybridized carbons (Fsp3) is 0.571. The molecular formula is C14H18O2. The summed E-state index contributed by atoms with van der Waals surface area (Å²) >= 11 is 0. The molecule has 86 valence electrons. The van der Waals surface area contributed by atoms with Crippen LogP contribution in [-0.4, -0.2) is 10.2 Å². The van der Waals surface area contributed by atoms with Crippen LogP contribution in [-0.2, 0) is 6.42 Å². The second-order valence-electron chi connectivity index (χ2n) is 5.35. The minimum absolute atomic E-state index is 0.302. The topological polar surface area (TPSA) is 40.5 Å². The molecule has 3 rings (SSSR count). The van der Waals surface area contributed by atoms with Crippen LogP contribution in [0.25, 0.3) is 0 Å². The maximum Gasteiger partial charge on any atom is 0.119 e. The largest absolute Gasteiger partial charge is 0.508 e. The predicted octanol–water partition coefficient (Wildman–Crippen LogP) is 2.64. The molecular weight excluding hydrogens is 200 g/mol. The highest BCUT2D eigenvalue weighted by Gasteiger charge is 2.41. The predicted molar refractivity (Wildman–Crippen MR) is 62.1 cm³/mol. The molecule has 0 radical (unpaired) electrons. The molecule has 0 spiro atoms. The van der Waals surface area contributed by atoms with Gasteiger partial charge in [0.25, 0.3) is 0 Å². The molecule has 0 heterocycles. The van der Waals surface area contributed by atoms with Gasteiger partial charge in [0.15, 0.2) is 0 Å². The number of hydrogen-bond donors (Lipinski definition) is 2. The third kappa shape index (κ3) is 1.44. The summed E-state index contributed by atoms with van der Waals surface area (Å²) in [5.74, 6) is 2.02. The summed E-state index contributed by atoms with van der Waals surface area (Å²) in [6.45, 7) is 2.24. The fourth-order valence-corrected chi connectivity index (χ4v) is 3.11. The Labute approximate surface area is 95.9 Å². The molecule has 3 atom stereocenters. The lowest BCUT2D eigenvalue weighted by Crippen LogP contribution is -2.18. The Hall–Kier alpha value is -1.02. The van der Waals surface area contributed by atoms with E-state index in [0.29, 0.717) is 17.6 Å². The molecule has 2 heteroatoms. The summed E-state index contributed by atoms with van der Waals surface area (Å²) in [5.41, 5.74) is 1.91. The van der Waals surface area contributed by atoms with Gasteiger partial charge in [0.05, 0.1) is 6.10 Å². The Kier molecular flexibility index (Phi) is 2.21. The van der Waals surface area contributed by atoms with E-state index in [9.17, 15) is 10.2 Å². The SMILES string of the molecule is CC(C1CC1)C1Cc2c(O)cccc2C1O. The van der Waals surface area contributed by atoms with Gasteiger partial charge in [0, 0.05) is 5.56 Å². The van der Waals surface area contributed by atoms with E-state index >= 15 is 0 Å². The smallest absolute Gasteiger partial charge is 0.119 e. The number of phenols is 1. The first-order valence-corrected chi connectivity index (χ1v) is 6.17. The van der Waals surface area contributed by atoms with E-state index < -0.39 is 0 Å². The summed E-state index contributed by atoms with van der Waals surface area (Å²) in [6, 6.07) is 5.48. The standard InChI is InChI=1S/C14H18O2/c1-8(9-5-6-9)11-7-12-10(14(11)16)3-2-4-13(12)15/h2-4,8-9,11,14-16H,5-7H2,1H3. The molecule has 2 nitrogen and oxygen atoms in total. The first kappa shape index (κ1) is 10.2. The molecule has 0 aromatic heterocycles. The lowest BCUT2D eigenvalue weighted by Gasteiger charge is -2.22. The van der Waals surface area contributed by atoms with Gasteiger partial charge in [-0.25, -0.2) is 0 Å². The summed E-state index contributed by atoms with van der Waals surface area (Å²) in [4.78, 5) is 0. The van der Waals surface area contributed by atoms with Crippen LogP contribution in [0.5, 0.6) is 5.75 Å².